The van der Waals surface area contributed by atoms with Crippen molar-refractivity contribution in [2.75, 3.05) is 32.5 Å². The first-order chi connectivity index (χ1) is 41.3. The highest BCUT2D eigenvalue weighted by Gasteiger charge is 2.42. The molecule has 24 nitrogen and oxygen atoms in total. The van der Waals surface area contributed by atoms with Gasteiger partial charge in [-0.05, 0) is 97.9 Å². The van der Waals surface area contributed by atoms with E-state index in [9.17, 15) is 56.4 Å². The van der Waals surface area contributed by atoms with Crippen LogP contribution in [0.4, 0.5) is 15.3 Å². The Hall–Kier alpha value is -8.45. The van der Waals surface area contributed by atoms with Crippen LogP contribution >= 0.6 is 0 Å². The lowest BCUT2D eigenvalue weighted by Crippen LogP contribution is -2.61. The zero-order chi connectivity index (χ0) is 65.7. The van der Waals surface area contributed by atoms with Gasteiger partial charge in [0.05, 0.1) is 17.0 Å². The zero-order valence-corrected chi connectivity index (χ0v) is 53.4. The van der Waals surface area contributed by atoms with Gasteiger partial charge in [-0.2, -0.15) is 0 Å². The molecule has 0 aliphatic carbocycles. The van der Waals surface area contributed by atoms with Crippen molar-refractivity contribution in [3.8, 4) is 0 Å². The van der Waals surface area contributed by atoms with Crippen LogP contribution in [0.25, 0.3) is 0 Å². The smallest absolute Gasteiger partial charge is 0.407 e. The van der Waals surface area contributed by atoms with Crippen molar-refractivity contribution in [2.24, 2.45) is 23.0 Å². The van der Waals surface area contributed by atoms with Crippen molar-refractivity contribution in [3.05, 3.63) is 119 Å². The summed E-state index contributed by atoms with van der Waals surface area (Å²) in [5.41, 5.74) is 6.20. The highest BCUT2D eigenvalue weighted by molar-refractivity contribution is 7.90. The van der Waals surface area contributed by atoms with Gasteiger partial charge in [-0.3, -0.25) is 43.3 Å². The summed E-state index contributed by atoms with van der Waals surface area (Å²) in [4.78, 5) is 132. The summed E-state index contributed by atoms with van der Waals surface area (Å²) < 4.78 is 34.4. The van der Waals surface area contributed by atoms with Crippen LogP contribution in [-0.4, -0.2) is 135 Å². The summed E-state index contributed by atoms with van der Waals surface area (Å²) in [6, 6.07) is 16.2. The third-order valence-corrected chi connectivity index (χ3v) is 16.3. The number of hydrogen-bond donors (Lipinski definition) is 9. The third kappa shape index (κ3) is 21.7. The Morgan fingerprint density at radius 3 is 1.90 bits per heavy atom. The number of anilines is 1. The first-order valence-corrected chi connectivity index (χ1v) is 30.9. The molecule has 1 aliphatic heterocycles. The fourth-order valence-electron chi connectivity index (χ4n) is 9.71. The molecule has 3 aromatic rings. The van der Waals surface area contributed by atoms with Gasteiger partial charge in [-0.25, -0.2) is 22.7 Å². The highest BCUT2D eigenvalue weighted by Crippen LogP contribution is 2.29. The second-order valence-electron chi connectivity index (χ2n) is 24.1. The van der Waals surface area contributed by atoms with Crippen LogP contribution in [-0.2, 0) is 71.7 Å². The SMILES string of the molecule is CNC(C(=O)NC(C(=O)N(C)C(C=C(C)C(=O)NS(=O)(=O)c1ccc(CNC(=O)OCc2ccc(NC(=O)C(CCCNC(N)=O)NC(=O)C(NC(=O)CCCCCN3C(=O)C=CC3=O)C(C)C)cc2)cc1)C(C)C)C(C)(C)C)C(C)(C)c1ccccc1. The Balaban J connectivity index is 1.29. The number of carbonyl (C=O) groups excluding carboxylic acids is 10. The molecule has 0 radical (unpaired) electrons. The van der Waals surface area contributed by atoms with Gasteiger partial charge in [-0.1, -0.05) is 129 Å². The van der Waals surface area contributed by atoms with E-state index in [0.717, 1.165) is 10.5 Å². The van der Waals surface area contributed by atoms with Crippen LogP contribution in [0.15, 0.2) is 108 Å². The van der Waals surface area contributed by atoms with Crippen molar-refractivity contribution in [1.82, 2.24) is 46.4 Å². The normalized spacial score (nSPS) is 14.5. The monoisotopic (exact) mass is 1240 g/mol. The lowest BCUT2D eigenvalue weighted by Gasteiger charge is -2.40. The number of likely N-dealkylation sites (N-methyl/N-ethyl adjacent to an activating group) is 2. The number of nitrogens with two attached hydrogens (primary N) is 1. The number of unbranched alkanes of at least 4 members (excludes halogenated alkanes) is 2. The van der Waals surface area contributed by atoms with Crippen LogP contribution < -0.4 is 47.7 Å². The molecule has 88 heavy (non-hydrogen) atoms. The van der Waals surface area contributed by atoms with Crippen LogP contribution in [0.3, 0.4) is 0 Å². The summed E-state index contributed by atoms with van der Waals surface area (Å²) >= 11 is 0. The quantitative estimate of drug-likeness (QED) is 0.0227. The molecule has 1 aliphatic rings. The number of nitrogens with zero attached hydrogens (tertiary/aromatic N) is 2. The Bertz CT molecular complexity index is 3110. The molecule has 11 amide bonds. The van der Waals surface area contributed by atoms with Gasteiger partial charge in [0.15, 0.2) is 0 Å². The predicted molar refractivity (Wildman–Crippen MR) is 333 cm³/mol. The summed E-state index contributed by atoms with van der Waals surface area (Å²) in [5.74, 6) is -4.59. The van der Waals surface area contributed by atoms with Gasteiger partial charge in [0.2, 0.25) is 29.5 Å². The number of carbonyl (C=O) groups is 10. The van der Waals surface area contributed by atoms with Gasteiger partial charge in [0.1, 0.15) is 24.7 Å². The van der Waals surface area contributed by atoms with Crippen LogP contribution in [0.1, 0.15) is 124 Å². The van der Waals surface area contributed by atoms with Crippen LogP contribution in [0.2, 0.25) is 0 Å². The fraction of sp³-hybridized carbons (Fsp3) is 0.492. The molecular weight excluding hydrogens is 1150 g/mol. The van der Waals surface area contributed by atoms with Gasteiger partial charge in [-0.15, -0.1) is 0 Å². The average molecular weight is 1240 g/mol. The van der Waals surface area contributed by atoms with Crippen molar-refractivity contribution in [1.29, 1.82) is 0 Å². The number of benzene rings is 3. The van der Waals surface area contributed by atoms with E-state index < -0.39 is 86.8 Å². The number of sulfonamides is 1. The Morgan fingerprint density at radius 2 is 1.33 bits per heavy atom. The van der Waals surface area contributed by atoms with Crippen molar-refractivity contribution in [3.63, 3.8) is 0 Å². The Labute approximate surface area is 516 Å². The molecule has 0 bridgehead atoms. The minimum atomic E-state index is -4.39. The number of urea groups is 1. The minimum absolute atomic E-state index is 0.0342. The van der Waals surface area contributed by atoms with E-state index in [-0.39, 0.29) is 91.4 Å². The second-order valence-corrected chi connectivity index (χ2v) is 25.8. The molecule has 1 heterocycles. The molecule has 480 valence electrons. The van der Waals surface area contributed by atoms with E-state index in [4.69, 9.17) is 10.5 Å². The summed E-state index contributed by atoms with van der Waals surface area (Å²) in [6.45, 7) is 18.2. The van der Waals surface area contributed by atoms with E-state index in [0.29, 0.717) is 36.1 Å². The molecule has 0 aromatic heterocycles. The molecule has 5 atom stereocenters. The number of hydrogen-bond acceptors (Lipinski definition) is 14. The first-order valence-electron chi connectivity index (χ1n) is 29.4. The first kappa shape index (κ1) is 72.0. The van der Waals surface area contributed by atoms with Gasteiger partial charge in [0, 0.05) is 61.9 Å². The molecule has 5 unspecified atom stereocenters. The number of primary amides is 1. The van der Waals surface area contributed by atoms with Gasteiger partial charge >= 0.3 is 12.1 Å². The Kier molecular flexibility index (Phi) is 27.1. The molecule has 10 N–H and O–H groups in total. The maximum absolute atomic E-state index is 14.4. The van der Waals surface area contributed by atoms with Crippen molar-refractivity contribution >= 4 is 75.1 Å². The predicted octanol–water partition coefficient (Wildman–Crippen LogP) is 4.94. The minimum Gasteiger partial charge on any atom is -0.445 e. The third-order valence-electron chi connectivity index (χ3n) is 15.0. The summed E-state index contributed by atoms with van der Waals surface area (Å²) in [6.07, 6.45) is 5.13. The second kappa shape index (κ2) is 33.1. The topological polar surface area (TPSA) is 343 Å². The Morgan fingerprint density at radius 1 is 0.716 bits per heavy atom. The number of amides is 11. The van der Waals surface area contributed by atoms with Crippen molar-refractivity contribution < 1.29 is 61.1 Å². The van der Waals surface area contributed by atoms with Crippen LogP contribution in [0.5, 0.6) is 0 Å². The molecule has 0 saturated heterocycles. The molecule has 0 saturated carbocycles. The molecule has 3 aromatic carbocycles. The van der Waals surface area contributed by atoms with E-state index >= 15 is 0 Å². The van der Waals surface area contributed by atoms with E-state index in [2.05, 4.69) is 41.9 Å². The van der Waals surface area contributed by atoms with E-state index in [1.165, 1.54) is 54.3 Å². The fourth-order valence-corrected chi connectivity index (χ4v) is 10.7. The number of imide groups is 1. The lowest BCUT2D eigenvalue weighted by atomic mass is 9.76. The highest BCUT2D eigenvalue weighted by atomic mass is 32.2. The zero-order valence-electron chi connectivity index (χ0n) is 52.5. The van der Waals surface area contributed by atoms with Gasteiger partial charge < -0.3 is 52.6 Å². The maximum Gasteiger partial charge on any atom is 0.407 e. The maximum atomic E-state index is 14.4. The van der Waals surface area contributed by atoms with Gasteiger partial charge in [0.25, 0.3) is 27.7 Å². The lowest BCUT2D eigenvalue weighted by molar-refractivity contribution is -0.141. The molecular formula is C63H89N11O13S. The standard InChI is InChI=1S/C63H89N11O13S/c1-39(2)48(73(12)59(82)54(62(6,7)8)71-58(81)53(65-11)63(9,10)44-20-15-13-16-21-44)36-41(5)55(78)72-88(85,86)46-30-26-42(27-31-46)37-67-61(84)87-38-43-24-28-45(29-25-43)68-56(79)47(22-19-34-66-60(64)83)69-57(80)52(40(3)4)70-49(75)23-17-14-18-35-74-50(76)32-33-51(74)77/h13,15-16,20-21,24-33,36,39-40,47-48,52-54,65H,14,17-19,22-23,34-35,37-38H2,1-12H3,(H,67,84)(H,68,79)(H,69,80)(H,70,75)(H,71,81)(H,72,78)(H3,64,66,83). The molecule has 25 heteroatoms. The van der Waals surface area contributed by atoms with Crippen molar-refractivity contribution in [2.45, 2.75) is 161 Å². The van der Waals surface area contributed by atoms with E-state index in [1.807, 2.05) is 78.8 Å². The number of ether oxygens (including phenoxy) is 1. The summed E-state index contributed by atoms with van der Waals surface area (Å²) in [7, 11) is -1.11. The molecule has 0 fully saturated rings. The largest absolute Gasteiger partial charge is 0.445 e. The van der Waals surface area contributed by atoms with E-state index in [1.54, 1.807) is 52.2 Å². The average Bonchev–Trinajstić information content (AvgIpc) is 1.41. The number of rotatable bonds is 32. The number of alkyl carbamates (subject to hydrolysis) is 1. The molecule has 4 rings (SSSR count). The molecule has 0 spiro atoms. The number of nitrogens with one attached hydrogen (secondary N) is 8. The summed E-state index contributed by atoms with van der Waals surface area (Å²) in [5, 5.41) is 19.4. The van der Waals surface area contributed by atoms with Crippen LogP contribution in [0, 0.1) is 17.3 Å².